The van der Waals surface area contributed by atoms with Gasteiger partial charge < -0.3 is 4.98 Å². The molecule has 5 heteroatoms. The Morgan fingerprint density at radius 3 is 2.75 bits per heavy atom. The van der Waals surface area contributed by atoms with Gasteiger partial charge in [-0.15, -0.1) is 4.80 Å². The lowest BCUT2D eigenvalue weighted by Gasteiger charge is -1.96. The first-order chi connectivity index (χ1) is 5.86. The van der Waals surface area contributed by atoms with E-state index in [-0.39, 0.29) is 0 Å². The van der Waals surface area contributed by atoms with Crippen molar-refractivity contribution in [3.05, 3.63) is 35.2 Å². The summed E-state index contributed by atoms with van der Waals surface area (Å²) in [6, 6.07) is 3.61. The summed E-state index contributed by atoms with van der Waals surface area (Å²) in [4.78, 5) is 4.46. The molecule has 0 amide bonds. The second-order valence-electron chi connectivity index (χ2n) is 2.23. The van der Waals surface area contributed by atoms with Crippen molar-refractivity contribution in [1.29, 1.82) is 0 Å². The molecule has 0 unspecified atom stereocenters. The van der Waals surface area contributed by atoms with Crippen molar-refractivity contribution in [2.45, 2.75) is 0 Å². The molecule has 0 aliphatic carbocycles. The zero-order chi connectivity index (χ0) is 8.39. The fourth-order valence-corrected chi connectivity index (χ4v) is 1.07. The molecule has 2 aromatic rings. The number of H-pyrrole nitrogens is 1. The summed E-state index contributed by atoms with van der Waals surface area (Å²) in [5.41, 5.74) is 0. The van der Waals surface area contributed by atoms with E-state index in [9.17, 15) is 0 Å². The minimum Gasteiger partial charge on any atom is -0.345 e. The fraction of sp³-hybridized carbons (Fsp3) is 0. The Bertz CT molecular complexity index is 417. The van der Waals surface area contributed by atoms with E-state index in [1.807, 2.05) is 6.07 Å². The van der Waals surface area contributed by atoms with Crippen LogP contribution in [0.3, 0.4) is 0 Å². The first kappa shape index (κ1) is 7.17. The highest BCUT2D eigenvalue weighted by Gasteiger charge is 1.94. The van der Waals surface area contributed by atoms with Crippen molar-refractivity contribution < 1.29 is 0 Å². The Kier molecular flexibility index (Phi) is 1.71. The molecule has 0 atom stereocenters. The molecule has 0 saturated heterocycles. The van der Waals surface area contributed by atoms with Gasteiger partial charge in [-0.1, -0.05) is 12.2 Å². The molecule has 1 N–H and O–H groups in total. The molecular formula is C7H6N4S. The zero-order valence-electron chi connectivity index (χ0n) is 6.14. The van der Waals surface area contributed by atoms with Crippen LogP contribution in [0.4, 0.5) is 0 Å². The van der Waals surface area contributed by atoms with Crippen molar-refractivity contribution in [3.63, 3.8) is 0 Å². The summed E-state index contributed by atoms with van der Waals surface area (Å²) >= 11 is 4.98. The van der Waals surface area contributed by atoms with Crippen LogP contribution >= 0.6 is 12.2 Å². The second kappa shape index (κ2) is 2.86. The first-order valence-corrected chi connectivity index (χ1v) is 3.82. The number of nitrogens with one attached hydrogen (secondary N) is 1. The van der Waals surface area contributed by atoms with E-state index in [1.165, 1.54) is 4.80 Å². The minimum atomic E-state index is 0.765. The number of aromatic nitrogens is 4. The van der Waals surface area contributed by atoms with Gasteiger partial charge in [0, 0.05) is 16.8 Å². The quantitative estimate of drug-likeness (QED) is 0.670. The van der Waals surface area contributed by atoms with Crippen molar-refractivity contribution in [3.8, 4) is 5.82 Å². The second-order valence-corrected chi connectivity index (χ2v) is 2.70. The maximum atomic E-state index is 4.98. The number of nitrogens with zero attached hydrogens (tertiary/aromatic N) is 3. The summed E-state index contributed by atoms with van der Waals surface area (Å²) in [7, 11) is 0. The van der Waals surface area contributed by atoms with Crippen molar-refractivity contribution in [1.82, 2.24) is 20.0 Å². The topological polar surface area (TPSA) is 46.5 Å². The normalized spacial score (nSPS) is 10.0. The van der Waals surface area contributed by atoms with E-state index in [0.717, 1.165) is 10.3 Å². The molecule has 0 fully saturated rings. The van der Waals surface area contributed by atoms with E-state index in [2.05, 4.69) is 15.2 Å². The van der Waals surface area contributed by atoms with Crippen LogP contribution < -0.4 is 0 Å². The maximum absolute atomic E-state index is 4.98. The van der Waals surface area contributed by atoms with Crippen molar-refractivity contribution in [2.75, 3.05) is 0 Å². The van der Waals surface area contributed by atoms with Crippen molar-refractivity contribution >= 4 is 12.2 Å². The number of rotatable bonds is 1. The third kappa shape index (κ3) is 1.26. The molecule has 0 bridgehead atoms. The molecule has 2 aromatic heterocycles. The molecule has 0 aliphatic rings. The molecule has 2 heterocycles. The summed E-state index contributed by atoms with van der Waals surface area (Å²) in [6.45, 7) is 0. The van der Waals surface area contributed by atoms with Gasteiger partial charge in [0.05, 0.1) is 12.4 Å². The standard InChI is InChI=1S/C7H6N4S/c12-6-1-2-8-7(5-6)11-9-3-4-10-11/h1-5H,(H,8,12). The largest absolute Gasteiger partial charge is 0.345 e. The predicted octanol–water partition coefficient (Wildman–Crippen LogP) is 1.32. The number of pyridine rings is 1. The van der Waals surface area contributed by atoms with Crippen LogP contribution in [0.2, 0.25) is 0 Å². The van der Waals surface area contributed by atoms with Gasteiger partial charge >= 0.3 is 0 Å². The number of aromatic amines is 1. The summed E-state index contributed by atoms with van der Waals surface area (Å²) in [5.74, 6) is 0.771. The first-order valence-electron chi connectivity index (χ1n) is 3.42. The van der Waals surface area contributed by atoms with Gasteiger partial charge in [0.2, 0.25) is 0 Å². The van der Waals surface area contributed by atoms with Crippen LogP contribution in [-0.2, 0) is 0 Å². The van der Waals surface area contributed by atoms with Crippen LogP contribution in [0.15, 0.2) is 30.7 Å². The average Bonchev–Trinajstić information content (AvgIpc) is 2.56. The molecule has 0 spiro atoms. The smallest absolute Gasteiger partial charge is 0.153 e. The van der Waals surface area contributed by atoms with E-state index >= 15 is 0 Å². The Hall–Kier alpha value is -1.49. The molecule has 0 radical (unpaired) electrons. The lowest BCUT2D eigenvalue weighted by atomic mass is 10.5. The fourth-order valence-electron chi connectivity index (χ4n) is 0.889. The summed E-state index contributed by atoms with van der Waals surface area (Å²) in [5, 5.41) is 7.91. The Morgan fingerprint density at radius 2 is 2.08 bits per heavy atom. The Morgan fingerprint density at radius 1 is 1.33 bits per heavy atom. The minimum absolute atomic E-state index is 0.765. The molecule has 12 heavy (non-hydrogen) atoms. The molecule has 0 aliphatic heterocycles. The number of hydrogen-bond donors (Lipinski definition) is 1. The van der Waals surface area contributed by atoms with Gasteiger partial charge in [-0.2, -0.15) is 10.2 Å². The van der Waals surface area contributed by atoms with E-state index < -0.39 is 0 Å². The molecule has 0 aromatic carbocycles. The molecular weight excluding hydrogens is 172 g/mol. The zero-order valence-corrected chi connectivity index (χ0v) is 6.95. The van der Waals surface area contributed by atoms with E-state index in [4.69, 9.17) is 12.2 Å². The van der Waals surface area contributed by atoms with Gasteiger partial charge in [0.1, 0.15) is 0 Å². The third-order valence-corrected chi connectivity index (χ3v) is 1.65. The average molecular weight is 178 g/mol. The van der Waals surface area contributed by atoms with Gasteiger partial charge in [-0.3, -0.25) is 0 Å². The Balaban J connectivity index is 2.55. The van der Waals surface area contributed by atoms with Crippen molar-refractivity contribution in [2.24, 2.45) is 0 Å². The SMILES string of the molecule is S=c1cc[nH]c(-n2nccn2)c1. The molecule has 4 nitrogen and oxygen atoms in total. The number of hydrogen-bond acceptors (Lipinski definition) is 3. The highest BCUT2D eigenvalue weighted by atomic mass is 32.1. The van der Waals surface area contributed by atoms with Crippen LogP contribution in [0.5, 0.6) is 0 Å². The third-order valence-electron chi connectivity index (χ3n) is 1.39. The van der Waals surface area contributed by atoms with E-state index in [1.54, 1.807) is 24.7 Å². The van der Waals surface area contributed by atoms with Crippen LogP contribution in [0.1, 0.15) is 0 Å². The van der Waals surface area contributed by atoms with Crippen LogP contribution in [-0.4, -0.2) is 20.0 Å². The van der Waals surface area contributed by atoms with Crippen LogP contribution in [0.25, 0.3) is 5.82 Å². The maximum Gasteiger partial charge on any atom is 0.153 e. The van der Waals surface area contributed by atoms with Gasteiger partial charge in [0.25, 0.3) is 0 Å². The highest BCUT2D eigenvalue weighted by Crippen LogP contribution is 1.99. The lowest BCUT2D eigenvalue weighted by molar-refractivity contribution is 0.729. The molecule has 60 valence electrons. The monoisotopic (exact) mass is 178 g/mol. The highest BCUT2D eigenvalue weighted by molar-refractivity contribution is 7.71. The van der Waals surface area contributed by atoms with Gasteiger partial charge in [-0.25, -0.2) is 0 Å². The van der Waals surface area contributed by atoms with E-state index in [0.29, 0.717) is 0 Å². The van der Waals surface area contributed by atoms with Gasteiger partial charge in [-0.05, 0) is 6.07 Å². The van der Waals surface area contributed by atoms with Crippen LogP contribution in [0, 0.1) is 4.51 Å². The van der Waals surface area contributed by atoms with Gasteiger partial charge in [0.15, 0.2) is 5.82 Å². The molecule has 2 rings (SSSR count). The Labute approximate surface area is 73.9 Å². The molecule has 0 saturated carbocycles. The predicted molar refractivity (Wildman–Crippen MR) is 46.5 cm³/mol. The lowest BCUT2D eigenvalue weighted by Crippen LogP contribution is -2.00. The summed E-state index contributed by atoms with van der Waals surface area (Å²) < 4.78 is 0.765. The summed E-state index contributed by atoms with van der Waals surface area (Å²) in [6.07, 6.45) is 4.99.